The van der Waals surface area contributed by atoms with Crippen LogP contribution in [0.5, 0.6) is 0 Å². The van der Waals surface area contributed by atoms with Crippen molar-refractivity contribution in [3.63, 3.8) is 0 Å². The molecule has 24 aromatic rings. The smallest absolute Gasteiger partial charge is 0.0506 e. The molecule has 0 aliphatic rings. The molecule has 0 amide bonds. The molecule has 0 saturated heterocycles. The maximum atomic E-state index is 8.09. The van der Waals surface area contributed by atoms with Crippen molar-refractivity contribution in [3.05, 3.63) is 491 Å². The van der Waals surface area contributed by atoms with E-state index in [1.165, 1.54) is 220 Å². The molecule has 140 heavy (non-hydrogen) atoms. The fourth-order valence-corrected chi connectivity index (χ4v) is 23.4. The molecule has 0 spiro atoms. The summed E-state index contributed by atoms with van der Waals surface area (Å²) in [5.41, 5.74) is 43.5. The van der Waals surface area contributed by atoms with Crippen LogP contribution in [0.25, 0.3) is 208 Å². The molecular formula is C137H103ClN2. The van der Waals surface area contributed by atoms with Gasteiger partial charge in [0, 0.05) is 34.0 Å². The van der Waals surface area contributed by atoms with E-state index in [0.717, 1.165) is 83.8 Å². The van der Waals surface area contributed by atoms with Gasteiger partial charge in [0.05, 0.1) is 10.7 Å². The number of fused-ring (bicyclic) bond motifs is 9. The van der Waals surface area contributed by atoms with E-state index >= 15 is 0 Å². The highest BCUT2D eigenvalue weighted by Gasteiger charge is 2.30. The van der Waals surface area contributed by atoms with Gasteiger partial charge in [-0.3, -0.25) is 0 Å². The molecule has 3 heteroatoms. The minimum atomic E-state index is 0.672. The van der Waals surface area contributed by atoms with Crippen LogP contribution in [0.15, 0.2) is 425 Å². The number of halogens is 1. The Morgan fingerprint density at radius 1 is 0.129 bits per heavy atom. The summed E-state index contributed by atoms with van der Waals surface area (Å²) in [5, 5.41) is 22.6. The molecule has 0 N–H and O–H groups in total. The van der Waals surface area contributed by atoms with E-state index in [2.05, 4.69) is 511 Å². The Hall–Kier alpha value is -16.5. The van der Waals surface area contributed by atoms with Gasteiger partial charge < -0.3 is 9.80 Å². The maximum Gasteiger partial charge on any atom is 0.0506 e. The van der Waals surface area contributed by atoms with E-state index in [0.29, 0.717) is 5.02 Å². The molecule has 0 aliphatic heterocycles. The Kier molecular flexibility index (Phi) is 21.6. The van der Waals surface area contributed by atoms with Crippen LogP contribution in [0.4, 0.5) is 34.1 Å². The van der Waals surface area contributed by atoms with Crippen molar-refractivity contribution in [2.45, 2.75) is 76.2 Å². The van der Waals surface area contributed by atoms with Crippen molar-refractivity contribution in [1.82, 2.24) is 0 Å². The third-order valence-electron chi connectivity index (χ3n) is 30.1. The predicted octanol–water partition coefficient (Wildman–Crippen LogP) is 39.7. The summed E-state index contributed by atoms with van der Waals surface area (Å²) >= 11 is 8.09. The highest BCUT2D eigenvalue weighted by molar-refractivity contribution is 6.34. The summed E-state index contributed by atoms with van der Waals surface area (Å²) in [4.78, 5) is 5.06. The van der Waals surface area contributed by atoms with Crippen LogP contribution in [0.1, 0.15) is 61.2 Å². The highest BCUT2D eigenvalue weighted by atomic mass is 35.5. The maximum absolute atomic E-state index is 8.09. The SMILES string of the molecule is Cc1cc(N(c2cc(C)c(-c3cccc4c(-c5cc(-c6ccc(-c7cc(C)c(N(c8cc(C)c(-c9cccc%10ccccc9%10)cc8C)c8cc(C)c(-c9ccc(-c%10cccc%11ccccc%10%11)c%10ccccc9%10)cc8C)cc7Cl)c7ccccc67)c6ccccc6c5)cccc34)cc2C)c2cc(C)c(-c3ccc(-c4cccc5ccccc45)c4ccccc34)cc2C)c(C)cc1-c1cccc2ccccc12. The van der Waals surface area contributed by atoms with Gasteiger partial charge >= 0.3 is 0 Å². The van der Waals surface area contributed by atoms with Crippen molar-refractivity contribution < 1.29 is 0 Å². The van der Waals surface area contributed by atoms with Crippen LogP contribution in [0, 0.1) is 76.2 Å². The second kappa shape index (κ2) is 34.9. The number of rotatable bonds is 16. The summed E-state index contributed by atoms with van der Waals surface area (Å²) in [7, 11) is 0. The second-order valence-electron chi connectivity index (χ2n) is 38.7. The van der Waals surface area contributed by atoms with Crippen LogP contribution in [-0.4, -0.2) is 0 Å². The minimum absolute atomic E-state index is 0.672. The fraction of sp³-hybridized carbons (Fsp3) is 0.0803. The zero-order chi connectivity index (χ0) is 95.0. The summed E-state index contributed by atoms with van der Waals surface area (Å²) in [5.74, 6) is 0. The Balaban J connectivity index is 0.597. The van der Waals surface area contributed by atoms with Gasteiger partial charge in [-0.1, -0.05) is 351 Å². The lowest BCUT2D eigenvalue weighted by Gasteiger charge is -2.32. The Morgan fingerprint density at radius 3 is 0.621 bits per heavy atom. The van der Waals surface area contributed by atoms with Crippen LogP contribution in [-0.2, 0) is 0 Å². The topological polar surface area (TPSA) is 6.48 Å². The molecule has 0 aliphatic carbocycles. The van der Waals surface area contributed by atoms with Gasteiger partial charge in [0.25, 0.3) is 0 Å². The standard InChI is InChI=1S/C137H103ClN2/c1-82-74-132(87(6)68-124(82)108-57-30-41-95-36-14-19-45-101(95)108)139(134-77-85(4)127(71-90(134)9)120-64-62-118(110-48-22-24-50-112(110)120)105-55-28-39-93-34-12-17-43-99(93)105)133-76-84(3)126(70-89(133)8)117-61-33-59-107-104(54-32-60-116(107)117)98-79-97-38-16-21-47-103(97)129(80-98)122-66-67-123(115-53-27-26-52-114(115)122)130-73-92(11)137(81-131(130)138)140(135-75-83(2)125(69-88(135)7)109-58-31-42-96-37-15-20-46-102(96)109)136-78-86(5)128(72-91(136)10)121-65-63-119(111-49-23-25-51-113(111)121)106-56-29-40-94-35-13-18-44-100(94)106/h12-81H,1-11H3. The molecule has 24 rings (SSSR count). The zero-order valence-electron chi connectivity index (χ0n) is 80.7. The third-order valence-corrected chi connectivity index (χ3v) is 30.4. The summed E-state index contributed by atoms with van der Waals surface area (Å²) in [6.45, 7) is 25.2. The largest absolute Gasteiger partial charge is 0.310 e. The van der Waals surface area contributed by atoms with Crippen molar-refractivity contribution in [1.29, 1.82) is 0 Å². The molecule has 0 bridgehead atoms. The first-order chi connectivity index (χ1) is 68.4. The normalized spacial score (nSPS) is 11.7. The zero-order valence-corrected chi connectivity index (χ0v) is 81.4. The Bertz CT molecular complexity index is 9280. The number of hydrogen-bond acceptors (Lipinski definition) is 2. The lowest BCUT2D eigenvalue weighted by molar-refractivity contribution is 1.18. The first-order valence-corrected chi connectivity index (χ1v) is 49.3. The van der Waals surface area contributed by atoms with E-state index < -0.39 is 0 Å². The molecule has 0 radical (unpaired) electrons. The number of anilines is 6. The second-order valence-corrected chi connectivity index (χ2v) is 39.1. The van der Waals surface area contributed by atoms with Gasteiger partial charge in [0.1, 0.15) is 0 Å². The van der Waals surface area contributed by atoms with E-state index in [-0.39, 0.29) is 0 Å². The van der Waals surface area contributed by atoms with Crippen molar-refractivity contribution in [3.8, 4) is 111 Å². The molecule has 0 heterocycles. The van der Waals surface area contributed by atoms with E-state index in [1.54, 1.807) is 0 Å². The Morgan fingerprint density at radius 2 is 0.314 bits per heavy atom. The van der Waals surface area contributed by atoms with Crippen LogP contribution in [0.3, 0.4) is 0 Å². The average Bonchev–Trinajstić information content (AvgIpc) is 0.751. The molecule has 0 unspecified atom stereocenters. The van der Waals surface area contributed by atoms with Crippen molar-refractivity contribution in [2.75, 3.05) is 9.80 Å². The van der Waals surface area contributed by atoms with Crippen LogP contribution in [0.2, 0.25) is 5.02 Å². The van der Waals surface area contributed by atoms with Gasteiger partial charge in [0.2, 0.25) is 0 Å². The van der Waals surface area contributed by atoms with E-state index in [9.17, 15) is 0 Å². The van der Waals surface area contributed by atoms with Gasteiger partial charge in [-0.15, -0.1) is 0 Å². The summed E-state index contributed by atoms with van der Waals surface area (Å²) in [6.07, 6.45) is 0. The van der Waals surface area contributed by atoms with E-state index in [1.807, 2.05) is 0 Å². The minimum Gasteiger partial charge on any atom is -0.310 e. The molecule has 0 atom stereocenters. The summed E-state index contributed by atoms with van der Waals surface area (Å²) in [6, 6.07) is 159. The predicted molar refractivity (Wildman–Crippen MR) is 605 cm³/mol. The third kappa shape index (κ3) is 14.7. The van der Waals surface area contributed by atoms with E-state index in [4.69, 9.17) is 11.6 Å². The Labute approximate surface area is 824 Å². The number of nitrogens with zero attached hydrogens (tertiary/aromatic N) is 2. The quantitative estimate of drug-likeness (QED) is 0.0951. The highest BCUT2D eigenvalue weighted by Crippen LogP contribution is 2.54. The number of hydrogen-bond donors (Lipinski definition) is 0. The molecule has 0 fully saturated rings. The summed E-state index contributed by atoms with van der Waals surface area (Å²) < 4.78 is 0. The molecule has 0 aromatic heterocycles. The van der Waals surface area contributed by atoms with Crippen LogP contribution < -0.4 is 9.80 Å². The molecule has 24 aromatic carbocycles. The monoisotopic (exact) mass is 1810 g/mol. The first kappa shape index (κ1) is 86.4. The lowest BCUT2D eigenvalue weighted by atomic mass is 9.86. The number of aryl methyl sites for hydroxylation is 11. The van der Waals surface area contributed by atoms with Gasteiger partial charge in [-0.05, 0) is 425 Å². The fourth-order valence-electron chi connectivity index (χ4n) is 23.2. The number of benzene rings is 24. The van der Waals surface area contributed by atoms with Gasteiger partial charge in [-0.25, -0.2) is 0 Å². The van der Waals surface area contributed by atoms with Crippen molar-refractivity contribution >= 4 is 143 Å². The molecular weight excluding hydrogens is 1710 g/mol. The first-order valence-electron chi connectivity index (χ1n) is 48.9. The molecule has 668 valence electrons. The van der Waals surface area contributed by atoms with Crippen molar-refractivity contribution in [2.24, 2.45) is 0 Å². The molecule has 0 saturated carbocycles. The van der Waals surface area contributed by atoms with Gasteiger partial charge in [-0.2, -0.15) is 0 Å². The van der Waals surface area contributed by atoms with Crippen LogP contribution >= 0.6 is 11.6 Å². The lowest BCUT2D eigenvalue weighted by Crippen LogP contribution is -2.15. The molecule has 2 nitrogen and oxygen atoms in total. The average molecular weight is 1810 g/mol. The van der Waals surface area contributed by atoms with Gasteiger partial charge in [0.15, 0.2) is 0 Å².